The van der Waals surface area contributed by atoms with Crippen molar-refractivity contribution in [1.29, 1.82) is 0 Å². The van der Waals surface area contributed by atoms with Crippen LogP contribution >= 0.6 is 22.9 Å². The summed E-state index contributed by atoms with van der Waals surface area (Å²) in [5.74, 6) is 0.131. The molecule has 0 unspecified atom stereocenters. The number of nitrogens with zero attached hydrogens (tertiary/aromatic N) is 2. The lowest BCUT2D eigenvalue weighted by atomic mass is 10.2. The standard InChI is InChI=1S/C16H12ClN3O4S/c1-2-24-13-6-3-9(7-11(13)17)15(21)19-16-18-12-5-4-10(20(22)23)8-14(12)25-16/h3-8H,2H2,1H3,(H,18,19,21). The zero-order valence-electron chi connectivity index (χ0n) is 13.0. The molecule has 128 valence electrons. The number of nitrogens with one attached hydrogen (secondary N) is 1. The SMILES string of the molecule is CCOc1ccc(C(=O)Nc2nc3ccc([N+](=O)[O-])cc3s2)cc1Cl. The average Bonchev–Trinajstić information content (AvgIpc) is 2.97. The first-order valence-electron chi connectivity index (χ1n) is 7.26. The van der Waals surface area contributed by atoms with Crippen LogP contribution in [-0.2, 0) is 0 Å². The molecule has 1 N–H and O–H groups in total. The number of amides is 1. The highest BCUT2D eigenvalue weighted by atomic mass is 35.5. The number of carbonyl (C=O) groups is 1. The molecule has 0 saturated carbocycles. The smallest absolute Gasteiger partial charge is 0.270 e. The third-order valence-corrected chi connectivity index (χ3v) is 4.53. The normalized spacial score (nSPS) is 10.6. The summed E-state index contributed by atoms with van der Waals surface area (Å²) in [6.45, 7) is 2.32. The summed E-state index contributed by atoms with van der Waals surface area (Å²) in [6.07, 6.45) is 0. The Bertz CT molecular complexity index is 973. The van der Waals surface area contributed by atoms with Gasteiger partial charge in [0, 0.05) is 17.7 Å². The van der Waals surface area contributed by atoms with Crippen molar-refractivity contribution in [2.45, 2.75) is 6.92 Å². The Hall–Kier alpha value is -2.71. The molecule has 0 aliphatic rings. The quantitative estimate of drug-likeness (QED) is 0.521. The Labute approximate surface area is 151 Å². The Morgan fingerprint density at radius 1 is 1.36 bits per heavy atom. The van der Waals surface area contributed by atoms with Gasteiger partial charge in [-0.05, 0) is 31.2 Å². The largest absolute Gasteiger partial charge is 0.492 e. The Morgan fingerprint density at radius 3 is 2.84 bits per heavy atom. The summed E-state index contributed by atoms with van der Waals surface area (Å²) >= 11 is 7.25. The Kier molecular flexibility index (Phi) is 4.82. The molecular weight excluding hydrogens is 366 g/mol. The topological polar surface area (TPSA) is 94.4 Å². The third-order valence-electron chi connectivity index (χ3n) is 3.30. The van der Waals surface area contributed by atoms with Gasteiger partial charge < -0.3 is 4.74 Å². The van der Waals surface area contributed by atoms with Gasteiger partial charge in [0.1, 0.15) is 5.75 Å². The Morgan fingerprint density at radius 2 is 2.16 bits per heavy atom. The number of benzene rings is 2. The van der Waals surface area contributed by atoms with Crippen LogP contribution in [-0.4, -0.2) is 22.4 Å². The van der Waals surface area contributed by atoms with Crippen molar-refractivity contribution in [3.8, 4) is 5.75 Å². The second-order valence-corrected chi connectivity index (χ2v) is 6.40. The number of non-ortho nitro benzene ring substituents is 1. The average molecular weight is 378 g/mol. The molecule has 0 aliphatic heterocycles. The number of rotatable bonds is 5. The van der Waals surface area contributed by atoms with E-state index in [0.29, 0.717) is 38.3 Å². The number of nitro benzene ring substituents is 1. The van der Waals surface area contributed by atoms with Crippen molar-refractivity contribution < 1.29 is 14.5 Å². The third kappa shape index (κ3) is 3.70. The summed E-state index contributed by atoms with van der Waals surface area (Å²) in [4.78, 5) is 26.9. The van der Waals surface area contributed by atoms with Gasteiger partial charge in [-0.15, -0.1) is 0 Å². The fraction of sp³-hybridized carbons (Fsp3) is 0.125. The molecule has 3 rings (SSSR count). The molecular formula is C16H12ClN3O4S. The van der Waals surface area contributed by atoms with Crippen molar-refractivity contribution in [2.75, 3.05) is 11.9 Å². The maximum Gasteiger partial charge on any atom is 0.270 e. The lowest BCUT2D eigenvalue weighted by Gasteiger charge is -2.07. The molecule has 1 heterocycles. The number of carbonyl (C=O) groups excluding carboxylic acids is 1. The molecule has 9 heteroatoms. The van der Waals surface area contributed by atoms with Crippen molar-refractivity contribution in [2.24, 2.45) is 0 Å². The van der Waals surface area contributed by atoms with Gasteiger partial charge in [0.05, 0.1) is 26.8 Å². The van der Waals surface area contributed by atoms with Crippen molar-refractivity contribution in [1.82, 2.24) is 4.98 Å². The second-order valence-electron chi connectivity index (χ2n) is 4.96. The number of ether oxygens (including phenoxy) is 1. The van der Waals surface area contributed by atoms with Crippen LogP contribution in [0.3, 0.4) is 0 Å². The van der Waals surface area contributed by atoms with E-state index in [-0.39, 0.29) is 11.6 Å². The molecule has 0 atom stereocenters. The number of anilines is 1. The van der Waals surface area contributed by atoms with E-state index in [1.54, 1.807) is 18.2 Å². The van der Waals surface area contributed by atoms with Crippen LogP contribution in [0.5, 0.6) is 5.75 Å². The van der Waals surface area contributed by atoms with Crippen LogP contribution in [0.1, 0.15) is 17.3 Å². The van der Waals surface area contributed by atoms with Gasteiger partial charge in [0.25, 0.3) is 11.6 Å². The first-order valence-corrected chi connectivity index (χ1v) is 8.46. The highest BCUT2D eigenvalue weighted by Gasteiger charge is 2.14. The summed E-state index contributed by atoms with van der Waals surface area (Å²) in [5.41, 5.74) is 0.918. The number of nitro groups is 1. The molecule has 7 nitrogen and oxygen atoms in total. The maximum absolute atomic E-state index is 12.3. The van der Waals surface area contributed by atoms with Crippen molar-refractivity contribution >= 4 is 49.9 Å². The molecule has 1 amide bonds. The number of hydrogen-bond donors (Lipinski definition) is 1. The van der Waals surface area contributed by atoms with Gasteiger partial charge in [-0.3, -0.25) is 20.2 Å². The lowest BCUT2D eigenvalue weighted by molar-refractivity contribution is -0.384. The van der Waals surface area contributed by atoms with Crippen LogP contribution in [0, 0.1) is 10.1 Å². The summed E-state index contributed by atoms with van der Waals surface area (Å²) in [5, 5.41) is 14.2. The van der Waals surface area contributed by atoms with Crippen LogP contribution in [0.25, 0.3) is 10.2 Å². The van der Waals surface area contributed by atoms with E-state index < -0.39 is 4.92 Å². The predicted molar refractivity (Wildman–Crippen MR) is 96.8 cm³/mol. The van der Waals surface area contributed by atoms with Gasteiger partial charge in [-0.1, -0.05) is 22.9 Å². The van der Waals surface area contributed by atoms with Crippen LogP contribution in [0.4, 0.5) is 10.8 Å². The number of fused-ring (bicyclic) bond motifs is 1. The second kappa shape index (κ2) is 7.04. The monoisotopic (exact) mass is 377 g/mol. The van der Waals surface area contributed by atoms with Gasteiger partial charge in [-0.2, -0.15) is 0 Å². The van der Waals surface area contributed by atoms with E-state index in [1.807, 2.05) is 6.92 Å². The fourth-order valence-electron chi connectivity index (χ4n) is 2.16. The molecule has 0 saturated heterocycles. The van der Waals surface area contributed by atoms with Gasteiger partial charge in [0.15, 0.2) is 5.13 Å². The molecule has 0 fully saturated rings. The van der Waals surface area contributed by atoms with Crippen molar-refractivity contribution in [3.05, 3.63) is 57.1 Å². The van der Waals surface area contributed by atoms with E-state index in [1.165, 1.54) is 18.2 Å². The molecule has 0 bridgehead atoms. The maximum atomic E-state index is 12.3. The number of halogens is 1. The zero-order chi connectivity index (χ0) is 18.0. The fourth-order valence-corrected chi connectivity index (χ4v) is 3.29. The number of thiazole rings is 1. The number of aromatic nitrogens is 1. The Balaban J connectivity index is 1.82. The highest BCUT2D eigenvalue weighted by molar-refractivity contribution is 7.22. The predicted octanol–water partition coefficient (Wildman–Crippen LogP) is 4.51. The van der Waals surface area contributed by atoms with E-state index in [9.17, 15) is 14.9 Å². The molecule has 25 heavy (non-hydrogen) atoms. The molecule has 0 spiro atoms. The molecule has 2 aromatic carbocycles. The van der Waals surface area contributed by atoms with Gasteiger partial charge in [0.2, 0.25) is 0 Å². The molecule has 3 aromatic rings. The minimum atomic E-state index is -0.473. The molecule has 0 aliphatic carbocycles. The minimum Gasteiger partial charge on any atom is -0.492 e. The molecule has 1 aromatic heterocycles. The van der Waals surface area contributed by atoms with E-state index in [0.717, 1.165) is 11.3 Å². The van der Waals surface area contributed by atoms with Crippen molar-refractivity contribution in [3.63, 3.8) is 0 Å². The van der Waals surface area contributed by atoms with Crippen LogP contribution in [0.2, 0.25) is 5.02 Å². The first-order chi connectivity index (χ1) is 12.0. The summed E-state index contributed by atoms with van der Waals surface area (Å²) in [6, 6.07) is 9.09. The first kappa shape index (κ1) is 17.1. The highest BCUT2D eigenvalue weighted by Crippen LogP contribution is 2.30. The van der Waals surface area contributed by atoms with Crippen LogP contribution < -0.4 is 10.1 Å². The minimum absolute atomic E-state index is 0.0210. The van der Waals surface area contributed by atoms with E-state index in [2.05, 4.69) is 10.3 Å². The van der Waals surface area contributed by atoms with Gasteiger partial charge >= 0.3 is 0 Å². The van der Waals surface area contributed by atoms with E-state index >= 15 is 0 Å². The van der Waals surface area contributed by atoms with Gasteiger partial charge in [-0.25, -0.2) is 4.98 Å². The molecule has 0 radical (unpaired) electrons. The lowest BCUT2D eigenvalue weighted by Crippen LogP contribution is -2.11. The number of hydrogen-bond acceptors (Lipinski definition) is 6. The summed E-state index contributed by atoms with van der Waals surface area (Å²) in [7, 11) is 0. The summed E-state index contributed by atoms with van der Waals surface area (Å²) < 4.78 is 5.95. The zero-order valence-corrected chi connectivity index (χ0v) is 14.6. The van der Waals surface area contributed by atoms with Crippen LogP contribution in [0.15, 0.2) is 36.4 Å². The van der Waals surface area contributed by atoms with E-state index in [4.69, 9.17) is 16.3 Å².